The van der Waals surface area contributed by atoms with Crippen molar-refractivity contribution >= 4 is 11.6 Å². The van der Waals surface area contributed by atoms with Crippen molar-refractivity contribution in [3.63, 3.8) is 0 Å². The predicted molar refractivity (Wildman–Crippen MR) is 135 cm³/mol. The van der Waals surface area contributed by atoms with Crippen molar-refractivity contribution in [3.05, 3.63) is 60.2 Å². The zero-order chi connectivity index (χ0) is 23.0. The second kappa shape index (κ2) is 11.6. The summed E-state index contributed by atoms with van der Waals surface area (Å²) < 4.78 is 0. The second-order valence-corrected chi connectivity index (χ2v) is 9.78. The molecule has 0 aliphatic carbocycles. The quantitative estimate of drug-likeness (QED) is 0.642. The Morgan fingerprint density at radius 2 is 1.61 bits per heavy atom. The number of hydrogen-bond donors (Lipinski definition) is 1. The lowest BCUT2D eigenvalue weighted by Gasteiger charge is -2.37. The standard InChI is InChI=1S/C28H39N3O2/c1-23(7-8-24-9-12-27(32)13-10-24)29-17-15-25(16-18-29)11-14-28(33)31-21-19-30(20-22-31)26-5-3-2-4-6-26/h2-6,9-10,12-13,23,25,32H,7-8,11,14-22H2,1H3/t23-/m1/s1. The highest BCUT2D eigenvalue weighted by Crippen LogP contribution is 2.25. The Balaban J connectivity index is 1.12. The van der Waals surface area contributed by atoms with Crippen LogP contribution in [-0.2, 0) is 11.2 Å². The maximum Gasteiger partial charge on any atom is 0.222 e. The molecule has 4 rings (SSSR count). The van der Waals surface area contributed by atoms with Gasteiger partial charge in [-0.3, -0.25) is 4.79 Å². The molecule has 0 spiro atoms. The first-order valence-corrected chi connectivity index (χ1v) is 12.7. The van der Waals surface area contributed by atoms with Gasteiger partial charge in [-0.15, -0.1) is 0 Å². The Hall–Kier alpha value is -2.53. The Kier molecular flexibility index (Phi) is 8.27. The Labute approximate surface area is 199 Å². The number of phenolic OH excluding ortho intramolecular Hbond substituents is 1. The van der Waals surface area contributed by atoms with Crippen LogP contribution in [0.1, 0.15) is 44.6 Å². The second-order valence-electron chi connectivity index (χ2n) is 9.78. The summed E-state index contributed by atoms with van der Waals surface area (Å²) in [4.78, 5) is 19.8. The summed E-state index contributed by atoms with van der Waals surface area (Å²) in [7, 11) is 0. The lowest BCUT2D eigenvalue weighted by Crippen LogP contribution is -2.48. The normalized spacial score (nSPS) is 18.9. The number of nitrogens with zero attached hydrogens (tertiary/aromatic N) is 3. The van der Waals surface area contributed by atoms with Crippen molar-refractivity contribution < 1.29 is 9.90 Å². The van der Waals surface area contributed by atoms with Crippen LogP contribution in [0.4, 0.5) is 5.69 Å². The third-order valence-corrected chi connectivity index (χ3v) is 7.58. The predicted octanol–water partition coefficient (Wildman–Crippen LogP) is 4.55. The van der Waals surface area contributed by atoms with Gasteiger partial charge in [0.25, 0.3) is 0 Å². The number of piperidine rings is 1. The molecule has 0 aromatic heterocycles. The minimum atomic E-state index is 0.335. The lowest BCUT2D eigenvalue weighted by atomic mass is 9.90. The molecule has 2 aromatic rings. The molecule has 5 heteroatoms. The van der Waals surface area contributed by atoms with E-state index in [0.29, 0.717) is 30.0 Å². The van der Waals surface area contributed by atoms with Gasteiger partial charge in [-0.1, -0.05) is 30.3 Å². The highest BCUT2D eigenvalue weighted by molar-refractivity contribution is 5.76. The monoisotopic (exact) mass is 449 g/mol. The molecule has 2 heterocycles. The third-order valence-electron chi connectivity index (χ3n) is 7.58. The first-order valence-electron chi connectivity index (χ1n) is 12.7. The molecule has 2 aliphatic heterocycles. The molecule has 0 bridgehead atoms. The summed E-state index contributed by atoms with van der Waals surface area (Å²) in [6, 6.07) is 18.7. The highest BCUT2D eigenvalue weighted by Gasteiger charge is 2.25. The van der Waals surface area contributed by atoms with Gasteiger partial charge < -0.3 is 19.8 Å². The Morgan fingerprint density at radius 1 is 0.939 bits per heavy atom. The number of rotatable bonds is 8. The summed E-state index contributed by atoms with van der Waals surface area (Å²) in [6.07, 6.45) is 6.34. The van der Waals surface area contributed by atoms with E-state index in [9.17, 15) is 9.90 Å². The van der Waals surface area contributed by atoms with Crippen molar-refractivity contribution in [2.75, 3.05) is 44.2 Å². The van der Waals surface area contributed by atoms with Gasteiger partial charge in [0.15, 0.2) is 0 Å². The van der Waals surface area contributed by atoms with E-state index in [4.69, 9.17) is 0 Å². The number of benzene rings is 2. The van der Waals surface area contributed by atoms with E-state index < -0.39 is 0 Å². The number of phenols is 1. The van der Waals surface area contributed by atoms with Crippen LogP contribution in [0, 0.1) is 5.92 Å². The fourth-order valence-corrected chi connectivity index (χ4v) is 5.24. The van der Waals surface area contributed by atoms with Gasteiger partial charge in [-0.2, -0.15) is 0 Å². The zero-order valence-electron chi connectivity index (χ0n) is 20.0. The first kappa shape index (κ1) is 23.6. The molecule has 178 valence electrons. The molecule has 2 saturated heterocycles. The number of likely N-dealkylation sites (tertiary alicyclic amines) is 1. The summed E-state index contributed by atoms with van der Waals surface area (Å²) >= 11 is 0. The third kappa shape index (κ3) is 6.73. The average molecular weight is 450 g/mol. The van der Waals surface area contributed by atoms with Gasteiger partial charge in [0, 0.05) is 44.3 Å². The molecule has 0 saturated carbocycles. The molecule has 2 aliphatic rings. The number of anilines is 1. The number of carbonyl (C=O) groups is 1. The maximum atomic E-state index is 12.8. The molecule has 2 aromatic carbocycles. The zero-order valence-corrected chi connectivity index (χ0v) is 20.0. The van der Waals surface area contributed by atoms with Crippen LogP contribution in [0.15, 0.2) is 54.6 Å². The van der Waals surface area contributed by atoms with Crippen molar-refractivity contribution in [3.8, 4) is 5.75 Å². The number of hydrogen-bond acceptors (Lipinski definition) is 4. The molecule has 1 amide bonds. The molecule has 0 unspecified atom stereocenters. The van der Waals surface area contributed by atoms with Crippen LogP contribution in [0.2, 0.25) is 0 Å². The molecule has 1 atom stereocenters. The topological polar surface area (TPSA) is 47.0 Å². The van der Waals surface area contributed by atoms with Gasteiger partial charge in [-0.25, -0.2) is 0 Å². The number of amides is 1. The molecule has 5 nitrogen and oxygen atoms in total. The fraction of sp³-hybridized carbons (Fsp3) is 0.536. The summed E-state index contributed by atoms with van der Waals surface area (Å²) in [5.41, 5.74) is 2.55. The number of para-hydroxylation sites is 1. The van der Waals surface area contributed by atoms with Crippen LogP contribution < -0.4 is 4.90 Å². The smallest absolute Gasteiger partial charge is 0.222 e. The van der Waals surface area contributed by atoms with Gasteiger partial charge in [0.2, 0.25) is 5.91 Å². The minimum Gasteiger partial charge on any atom is -0.508 e. The highest BCUT2D eigenvalue weighted by atomic mass is 16.3. The molecule has 33 heavy (non-hydrogen) atoms. The number of carbonyl (C=O) groups excluding carboxylic acids is 1. The van der Waals surface area contributed by atoms with E-state index in [0.717, 1.165) is 58.5 Å². The molecule has 1 N–H and O–H groups in total. The van der Waals surface area contributed by atoms with Crippen molar-refractivity contribution in [1.29, 1.82) is 0 Å². The van der Waals surface area contributed by atoms with Gasteiger partial charge in [0.1, 0.15) is 5.75 Å². The summed E-state index contributed by atoms with van der Waals surface area (Å²) in [5.74, 6) is 1.36. The number of aromatic hydroxyl groups is 1. The van der Waals surface area contributed by atoms with Crippen LogP contribution in [0.5, 0.6) is 5.75 Å². The SMILES string of the molecule is C[C@H](CCc1ccc(O)cc1)N1CCC(CCC(=O)N2CCN(c3ccccc3)CC2)CC1. The van der Waals surface area contributed by atoms with Gasteiger partial charge in [0.05, 0.1) is 0 Å². The summed E-state index contributed by atoms with van der Waals surface area (Å²) in [5, 5.41) is 9.43. The van der Waals surface area contributed by atoms with Gasteiger partial charge in [-0.05, 0) is 87.9 Å². The van der Waals surface area contributed by atoms with Crippen molar-refractivity contribution in [2.45, 2.75) is 51.5 Å². The van der Waals surface area contributed by atoms with Crippen LogP contribution in [0.3, 0.4) is 0 Å². The van der Waals surface area contributed by atoms with E-state index in [2.05, 4.69) is 45.9 Å². The van der Waals surface area contributed by atoms with E-state index >= 15 is 0 Å². The maximum absolute atomic E-state index is 12.8. The number of piperazine rings is 1. The van der Waals surface area contributed by atoms with Crippen molar-refractivity contribution in [2.24, 2.45) is 5.92 Å². The van der Waals surface area contributed by atoms with E-state index in [-0.39, 0.29) is 0 Å². The molecule has 2 fully saturated rings. The van der Waals surface area contributed by atoms with Crippen LogP contribution in [-0.4, -0.2) is 66.1 Å². The fourth-order valence-electron chi connectivity index (χ4n) is 5.24. The van der Waals surface area contributed by atoms with Gasteiger partial charge >= 0.3 is 0 Å². The van der Waals surface area contributed by atoms with Crippen LogP contribution >= 0.6 is 0 Å². The van der Waals surface area contributed by atoms with Crippen molar-refractivity contribution in [1.82, 2.24) is 9.80 Å². The largest absolute Gasteiger partial charge is 0.508 e. The summed E-state index contributed by atoms with van der Waals surface area (Å²) in [6.45, 7) is 8.15. The van der Waals surface area contributed by atoms with E-state index in [1.165, 1.54) is 24.1 Å². The van der Waals surface area contributed by atoms with E-state index in [1.54, 1.807) is 12.1 Å². The number of aryl methyl sites for hydroxylation is 1. The molecular formula is C28H39N3O2. The first-order chi connectivity index (χ1) is 16.1. The molecular weight excluding hydrogens is 410 g/mol. The molecule has 0 radical (unpaired) electrons. The average Bonchev–Trinajstić information content (AvgIpc) is 2.87. The lowest BCUT2D eigenvalue weighted by molar-refractivity contribution is -0.131. The van der Waals surface area contributed by atoms with E-state index in [1.807, 2.05) is 18.2 Å². The Bertz CT molecular complexity index is 854. The Morgan fingerprint density at radius 3 is 2.27 bits per heavy atom. The van der Waals surface area contributed by atoms with Crippen LogP contribution in [0.25, 0.3) is 0 Å². The minimum absolute atomic E-state index is 0.335.